The number of aromatic nitrogens is 5. The lowest BCUT2D eigenvalue weighted by molar-refractivity contribution is 0.174. The Labute approximate surface area is 235 Å². The molecule has 0 aliphatic heterocycles. The average Bonchev–Trinajstić information content (AvgIpc) is 3.45. The van der Waals surface area contributed by atoms with Crippen molar-refractivity contribution in [2.75, 3.05) is 17.8 Å². The summed E-state index contributed by atoms with van der Waals surface area (Å²) < 4.78 is 28.5. The van der Waals surface area contributed by atoms with E-state index in [1.807, 2.05) is 18.2 Å². The second kappa shape index (κ2) is 14.6. The van der Waals surface area contributed by atoms with Crippen molar-refractivity contribution in [3.05, 3.63) is 84.2 Å². The fourth-order valence-electron chi connectivity index (χ4n) is 4.21. The van der Waals surface area contributed by atoms with E-state index in [-0.39, 0.29) is 4.90 Å². The zero-order valence-corrected chi connectivity index (χ0v) is 23.6. The monoisotopic (exact) mass is 563 g/mol. The van der Waals surface area contributed by atoms with Crippen LogP contribution in [0, 0.1) is 0 Å². The normalized spacial score (nSPS) is 12.3. The molecule has 2 aromatic carbocycles. The van der Waals surface area contributed by atoms with Gasteiger partial charge in [0.2, 0.25) is 5.82 Å². The number of aryl methyl sites for hydroxylation is 1. The first-order valence-electron chi connectivity index (χ1n) is 13.7. The van der Waals surface area contributed by atoms with Crippen LogP contribution < -0.4 is 10.0 Å². The van der Waals surface area contributed by atoms with Crippen LogP contribution in [0.5, 0.6) is 0 Å². The molecule has 0 aliphatic carbocycles. The summed E-state index contributed by atoms with van der Waals surface area (Å²) in [5.41, 5.74) is 3.02. The van der Waals surface area contributed by atoms with E-state index in [0.29, 0.717) is 30.2 Å². The molecule has 40 heavy (non-hydrogen) atoms. The number of benzene rings is 2. The lowest BCUT2D eigenvalue weighted by Crippen LogP contribution is -2.23. The maximum Gasteiger partial charge on any atom is 0.261 e. The Hall–Kier alpha value is -3.67. The molecule has 1 atom stereocenters. The predicted octanol–water partition coefficient (Wildman–Crippen LogP) is 4.37. The van der Waals surface area contributed by atoms with Gasteiger partial charge in [-0.2, -0.15) is 4.80 Å². The molecule has 0 spiro atoms. The van der Waals surface area contributed by atoms with Crippen LogP contribution in [-0.4, -0.2) is 51.8 Å². The Morgan fingerprint density at radius 2 is 1.75 bits per heavy atom. The predicted molar refractivity (Wildman–Crippen MR) is 155 cm³/mol. The van der Waals surface area contributed by atoms with Crippen LogP contribution in [0.3, 0.4) is 0 Å². The summed E-state index contributed by atoms with van der Waals surface area (Å²) in [7, 11) is -3.75. The number of hydrogen-bond acceptors (Lipinski definition) is 8. The summed E-state index contributed by atoms with van der Waals surface area (Å²) in [6.45, 7) is 4.01. The number of aliphatic hydroxyl groups excluding tert-OH is 1. The van der Waals surface area contributed by atoms with Gasteiger partial charge in [-0.3, -0.25) is 9.71 Å². The molecule has 11 heteroatoms. The standard InChI is InChI=1S/C29H37N7O3S/c1-2-3-4-5-6-20-36-33-29(32-35-36)24-11-15-27(16-12-24)40(38,39)34-26-13-9-23(10-14-26)17-19-31-22-28(37)25-8-7-18-30-21-25/h7-16,18,21,28,31,34,37H,2-6,17,19-20,22H2,1H3. The van der Waals surface area contributed by atoms with Crippen LogP contribution >= 0.6 is 0 Å². The maximum atomic E-state index is 12.9. The molecule has 2 heterocycles. The van der Waals surface area contributed by atoms with Gasteiger partial charge in [0.05, 0.1) is 17.5 Å². The molecule has 2 aromatic heterocycles. The molecule has 0 saturated heterocycles. The van der Waals surface area contributed by atoms with Gasteiger partial charge in [-0.25, -0.2) is 8.42 Å². The van der Waals surface area contributed by atoms with Gasteiger partial charge in [-0.1, -0.05) is 50.8 Å². The van der Waals surface area contributed by atoms with Crippen LogP contribution in [0.25, 0.3) is 11.4 Å². The zero-order chi connectivity index (χ0) is 28.2. The van der Waals surface area contributed by atoms with Crippen molar-refractivity contribution in [2.24, 2.45) is 0 Å². The van der Waals surface area contributed by atoms with Gasteiger partial charge in [0, 0.05) is 35.8 Å². The van der Waals surface area contributed by atoms with Gasteiger partial charge in [-0.15, -0.1) is 10.2 Å². The third-order valence-electron chi connectivity index (χ3n) is 6.54. The Morgan fingerprint density at radius 1 is 0.975 bits per heavy atom. The van der Waals surface area contributed by atoms with E-state index < -0.39 is 16.1 Å². The minimum Gasteiger partial charge on any atom is -0.387 e. The van der Waals surface area contributed by atoms with Crippen molar-refractivity contribution in [2.45, 2.75) is 63.0 Å². The molecule has 0 bridgehead atoms. The molecule has 0 amide bonds. The topological polar surface area (TPSA) is 135 Å². The molecule has 0 radical (unpaired) electrons. The largest absolute Gasteiger partial charge is 0.387 e. The van der Waals surface area contributed by atoms with Crippen molar-refractivity contribution < 1.29 is 13.5 Å². The van der Waals surface area contributed by atoms with Crippen molar-refractivity contribution in [1.29, 1.82) is 0 Å². The lowest BCUT2D eigenvalue weighted by atomic mass is 10.1. The Kier molecular flexibility index (Phi) is 10.7. The summed E-state index contributed by atoms with van der Waals surface area (Å²) >= 11 is 0. The molecule has 0 fully saturated rings. The van der Waals surface area contributed by atoms with Gasteiger partial charge in [0.15, 0.2) is 0 Å². The molecule has 4 aromatic rings. The molecule has 10 nitrogen and oxygen atoms in total. The minimum atomic E-state index is -3.75. The highest BCUT2D eigenvalue weighted by molar-refractivity contribution is 7.92. The minimum absolute atomic E-state index is 0.153. The van der Waals surface area contributed by atoms with Crippen molar-refractivity contribution in [1.82, 2.24) is 30.5 Å². The highest BCUT2D eigenvalue weighted by atomic mass is 32.2. The Balaban J connectivity index is 1.24. The van der Waals surface area contributed by atoms with E-state index in [1.165, 1.54) is 19.3 Å². The number of anilines is 1. The quantitative estimate of drug-likeness (QED) is 0.171. The highest BCUT2D eigenvalue weighted by Gasteiger charge is 2.15. The smallest absolute Gasteiger partial charge is 0.261 e. The molecular formula is C29H37N7O3S. The molecule has 1 unspecified atom stereocenters. The van der Waals surface area contributed by atoms with Gasteiger partial charge < -0.3 is 10.4 Å². The summed E-state index contributed by atoms with van der Waals surface area (Å²) in [5, 5.41) is 26.1. The Bertz CT molecular complexity index is 1410. The van der Waals surface area contributed by atoms with Gasteiger partial charge in [0.1, 0.15) is 0 Å². The number of hydrogen-bond donors (Lipinski definition) is 3. The Morgan fingerprint density at radius 3 is 2.48 bits per heavy atom. The van der Waals surface area contributed by atoms with Crippen molar-refractivity contribution in [3.63, 3.8) is 0 Å². The van der Waals surface area contributed by atoms with Gasteiger partial charge in [-0.05, 0) is 72.6 Å². The average molecular weight is 564 g/mol. The van der Waals surface area contributed by atoms with Gasteiger partial charge >= 0.3 is 0 Å². The van der Waals surface area contributed by atoms with Crippen LogP contribution in [0.2, 0.25) is 0 Å². The fraction of sp³-hybridized carbons (Fsp3) is 0.379. The molecular weight excluding hydrogens is 526 g/mol. The van der Waals surface area contributed by atoms with Crippen LogP contribution in [0.4, 0.5) is 5.69 Å². The number of rotatable bonds is 16. The summed E-state index contributed by atoms with van der Waals surface area (Å²) in [5.74, 6) is 0.474. The lowest BCUT2D eigenvalue weighted by Gasteiger charge is -2.12. The van der Waals surface area contributed by atoms with E-state index in [1.54, 1.807) is 59.7 Å². The SMILES string of the molecule is CCCCCCCn1nnc(-c2ccc(S(=O)(=O)Nc3ccc(CCNCC(O)c4cccnc4)cc3)cc2)n1. The second-order valence-corrected chi connectivity index (χ2v) is 11.4. The molecule has 3 N–H and O–H groups in total. The number of unbranched alkanes of at least 4 members (excludes halogenated alkanes) is 4. The third kappa shape index (κ3) is 8.67. The maximum absolute atomic E-state index is 12.9. The zero-order valence-electron chi connectivity index (χ0n) is 22.8. The van der Waals surface area contributed by atoms with Crippen molar-refractivity contribution in [3.8, 4) is 11.4 Å². The number of tetrazole rings is 1. The van der Waals surface area contributed by atoms with E-state index in [0.717, 1.165) is 36.9 Å². The molecule has 212 valence electrons. The molecule has 4 rings (SSSR count). The van der Waals surface area contributed by atoms with E-state index in [2.05, 4.69) is 37.4 Å². The number of sulfonamides is 1. The van der Waals surface area contributed by atoms with Crippen LogP contribution in [0.1, 0.15) is 56.3 Å². The summed E-state index contributed by atoms with van der Waals surface area (Å²) in [6, 6.07) is 17.4. The van der Waals surface area contributed by atoms with E-state index in [9.17, 15) is 13.5 Å². The van der Waals surface area contributed by atoms with Crippen LogP contribution in [-0.2, 0) is 23.0 Å². The van der Waals surface area contributed by atoms with Crippen LogP contribution in [0.15, 0.2) is 78.0 Å². The number of nitrogens with one attached hydrogen (secondary N) is 2. The summed E-state index contributed by atoms with van der Waals surface area (Å²) in [4.78, 5) is 5.77. The molecule has 0 saturated carbocycles. The third-order valence-corrected chi connectivity index (χ3v) is 7.94. The molecule has 0 aliphatic rings. The fourth-order valence-corrected chi connectivity index (χ4v) is 5.27. The second-order valence-electron chi connectivity index (χ2n) is 9.71. The van der Waals surface area contributed by atoms with E-state index in [4.69, 9.17) is 0 Å². The van der Waals surface area contributed by atoms with Crippen molar-refractivity contribution >= 4 is 15.7 Å². The first-order chi connectivity index (χ1) is 19.4. The number of nitrogens with zero attached hydrogens (tertiary/aromatic N) is 5. The highest BCUT2D eigenvalue weighted by Crippen LogP contribution is 2.21. The first kappa shape index (κ1) is 29.3. The van der Waals surface area contributed by atoms with Gasteiger partial charge in [0.25, 0.3) is 10.0 Å². The summed E-state index contributed by atoms with van der Waals surface area (Å²) in [6.07, 6.45) is 9.26. The first-order valence-corrected chi connectivity index (χ1v) is 15.2. The number of aliphatic hydroxyl groups is 1. The van der Waals surface area contributed by atoms with E-state index >= 15 is 0 Å². The number of pyridine rings is 1.